The maximum absolute atomic E-state index is 11.7. The Balaban J connectivity index is 0.00000154. The topological polar surface area (TPSA) is 37.3 Å². The lowest BCUT2D eigenvalue weighted by atomic mass is 10.1. The Kier molecular flexibility index (Phi) is 8.46. The third kappa shape index (κ3) is 6.22. The summed E-state index contributed by atoms with van der Waals surface area (Å²) >= 11 is 0. The normalized spacial score (nSPS) is 10.5. The van der Waals surface area contributed by atoms with E-state index in [4.69, 9.17) is 0 Å². The summed E-state index contributed by atoms with van der Waals surface area (Å²) in [4.78, 5) is 11.7. The second kappa shape index (κ2) is 9.66. The van der Waals surface area contributed by atoms with Crippen LogP contribution in [0.2, 0.25) is 0 Å². The number of phenols is 1. The minimum Gasteiger partial charge on any atom is -0.508 e. The average Bonchev–Trinajstić information content (AvgIpc) is 2.45. The molecule has 2 heteroatoms. The van der Waals surface area contributed by atoms with E-state index in [2.05, 4.69) is 13.2 Å². The maximum atomic E-state index is 11.7. The second-order valence-corrected chi connectivity index (χ2v) is 3.35. The van der Waals surface area contributed by atoms with Crippen LogP contribution in [0.1, 0.15) is 24.2 Å². The Morgan fingerprint density at radius 3 is 2.42 bits per heavy atom. The largest absolute Gasteiger partial charge is 0.508 e. The third-order valence-corrected chi connectivity index (χ3v) is 2.10. The number of hydrogen-bond donors (Lipinski definition) is 1. The van der Waals surface area contributed by atoms with Gasteiger partial charge < -0.3 is 5.11 Å². The van der Waals surface area contributed by atoms with Crippen molar-refractivity contribution in [2.75, 3.05) is 0 Å². The zero-order valence-corrected chi connectivity index (χ0v) is 11.5. The lowest BCUT2D eigenvalue weighted by Gasteiger charge is -1.96. The lowest BCUT2D eigenvalue weighted by molar-refractivity contribution is 0.104. The standard InChI is InChI=1S/C15H14O2.C2H6/c1-3-6-12(4-2)9-10-15(17)13-7-5-8-14(16)11-13;1-2/h3-11,16H,1-2H2;1-2H3/b10-9+,12-6+;. The van der Waals surface area contributed by atoms with E-state index >= 15 is 0 Å². The van der Waals surface area contributed by atoms with E-state index in [1.54, 1.807) is 36.4 Å². The van der Waals surface area contributed by atoms with Gasteiger partial charge in [0, 0.05) is 5.56 Å². The maximum Gasteiger partial charge on any atom is 0.185 e. The SMILES string of the molecule is C=C/C=C(C=C)/C=C/C(=O)c1cccc(O)c1.CC. The highest BCUT2D eigenvalue weighted by molar-refractivity contribution is 6.05. The zero-order chi connectivity index (χ0) is 14.7. The number of hydrogen-bond acceptors (Lipinski definition) is 2. The zero-order valence-electron chi connectivity index (χ0n) is 11.5. The summed E-state index contributed by atoms with van der Waals surface area (Å²) < 4.78 is 0. The highest BCUT2D eigenvalue weighted by Gasteiger charge is 2.01. The van der Waals surface area contributed by atoms with E-state index in [9.17, 15) is 9.90 Å². The molecule has 1 aromatic carbocycles. The fraction of sp³-hybridized carbons (Fsp3) is 0.118. The Morgan fingerprint density at radius 1 is 1.21 bits per heavy atom. The van der Waals surface area contributed by atoms with E-state index in [1.807, 2.05) is 13.8 Å². The molecule has 0 aliphatic carbocycles. The summed E-state index contributed by atoms with van der Waals surface area (Å²) in [6.45, 7) is 11.2. The van der Waals surface area contributed by atoms with E-state index in [-0.39, 0.29) is 11.5 Å². The molecule has 1 N–H and O–H groups in total. The van der Waals surface area contributed by atoms with E-state index in [0.717, 1.165) is 5.57 Å². The molecule has 1 aromatic rings. The van der Waals surface area contributed by atoms with Gasteiger partial charge in [0.25, 0.3) is 0 Å². The average molecular weight is 256 g/mol. The van der Waals surface area contributed by atoms with E-state index in [1.165, 1.54) is 18.2 Å². The molecule has 0 spiro atoms. The molecular formula is C17H20O2. The van der Waals surface area contributed by atoms with Crippen molar-refractivity contribution in [3.8, 4) is 5.75 Å². The monoisotopic (exact) mass is 256 g/mol. The van der Waals surface area contributed by atoms with Gasteiger partial charge in [-0.25, -0.2) is 0 Å². The van der Waals surface area contributed by atoms with Gasteiger partial charge in [0.15, 0.2) is 5.78 Å². The van der Waals surface area contributed by atoms with Crippen LogP contribution in [0.3, 0.4) is 0 Å². The predicted molar refractivity (Wildman–Crippen MR) is 81.4 cm³/mol. The van der Waals surface area contributed by atoms with Gasteiger partial charge in [0.05, 0.1) is 0 Å². The predicted octanol–water partition coefficient (Wildman–Crippen LogP) is 4.46. The highest BCUT2D eigenvalue weighted by atomic mass is 16.3. The summed E-state index contributed by atoms with van der Waals surface area (Å²) in [6.07, 6.45) is 8.10. The molecule has 0 heterocycles. The van der Waals surface area contributed by atoms with Crippen molar-refractivity contribution in [1.29, 1.82) is 0 Å². The van der Waals surface area contributed by atoms with Crippen LogP contribution in [0.25, 0.3) is 0 Å². The number of allylic oxidation sites excluding steroid dienone is 6. The lowest BCUT2D eigenvalue weighted by Crippen LogP contribution is -1.93. The third-order valence-electron chi connectivity index (χ3n) is 2.10. The first-order chi connectivity index (χ1) is 9.17. The van der Waals surface area contributed by atoms with Crippen LogP contribution in [0.5, 0.6) is 5.75 Å². The van der Waals surface area contributed by atoms with Gasteiger partial charge in [-0.3, -0.25) is 4.79 Å². The summed E-state index contributed by atoms with van der Waals surface area (Å²) in [5, 5.41) is 9.25. The highest BCUT2D eigenvalue weighted by Crippen LogP contribution is 2.12. The van der Waals surface area contributed by atoms with Crippen molar-refractivity contribution in [1.82, 2.24) is 0 Å². The Bertz CT molecular complexity index is 494. The molecule has 2 nitrogen and oxygen atoms in total. The Labute approximate surface area is 115 Å². The number of benzene rings is 1. The fourth-order valence-corrected chi connectivity index (χ4v) is 1.26. The molecule has 0 aliphatic rings. The fourth-order valence-electron chi connectivity index (χ4n) is 1.26. The van der Waals surface area contributed by atoms with Crippen LogP contribution < -0.4 is 0 Å². The molecule has 0 aromatic heterocycles. The van der Waals surface area contributed by atoms with Crippen molar-refractivity contribution in [3.05, 3.63) is 78.9 Å². The first-order valence-corrected chi connectivity index (χ1v) is 6.14. The van der Waals surface area contributed by atoms with Crippen LogP contribution in [0.15, 0.2) is 73.4 Å². The Morgan fingerprint density at radius 2 is 1.89 bits per heavy atom. The number of carbonyl (C=O) groups is 1. The molecule has 0 saturated carbocycles. The molecule has 100 valence electrons. The minimum atomic E-state index is -0.169. The van der Waals surface area contributed by atoms with Crippen molar-refractivity contribution < 1.29 is 9.90 Å². The molecule has 0 atom stereocenters. The quantitative estimate of drug-likeness (QED) is 0.480. The second-order valence-electron chi connectivity index (χ2n) is 3.35. The molecule has 1 rings (SSSR count). The van der Waals surface area contributed by atoms with E-state index < -0.39 is 0 Å². The van der Waals surface area contributed by atoms with Gasteiger partial charge in [-0.1, -0.05) is 63.4 Å². The summed E-state index contributed by atoms with van der Waals surface area (Å²) in [5.41, 5.74) is 1.25. The number of rotatable bonds is 5. The number of phenolic OH excluding ortho intramolecular Hbond substituents is 1. The molecule has 0 amide bonds. The van der Waals surface area contributed by atoms with Crippen molar-refractivity contribution in [3.63, 3.8) is 0 Å². The number of aromatic hydroxyl groups is 1. The molecule has 0 aliphatic heterocycles. The smallest absolute Gasteiger partial charge is 0.185 e. The summed E-state index contributed by atoms with van der Waals surface area (Å²) in [7, 11) is 0. The van der Waals surface area contributed by atoms with Crippen molar-refractivity contribution >= 4 is 5.78 Å². The van der Waals surface area contributed by atoms with Gasteiger partial charge >= 0.3 is 0 Å². The number of carbonyl (C=O) groups excluding carboxylic acids is 1. The van der Waals surface area contributed by atoms with Crippen LogP contribution in [0, 0.1) is 0 Å². The van der Waals surface area contributed by atoms with Gasteiger partial charge in [-0.2, -0.15) is 0 Å². The molecule has 19 heavy (non-hydrogen) atoms. The van der Waals surface area contributed by atoms with Crippen LogP contribution >= 0.6 is 0 Å². The van der Waals surface area contributed by atoms with Gasteiger partial charge in [0.2, 0.25) is 0 Å². The minimum absolute atomic E-state index is 0.0785. The Hall–Kier alpha value is -2.35. The molecule has 0 bridgehead atoms. The van der Waals surface area contributed by atoms with Crippen LogP contribution in [0.4, 0.5) is 0 Å². The first kappa shape index (κ1) is 16.6. The summed E-state index contributed by atoms with van der Waals surface area (Å²) in [6, 6.07) is 6.23. The molecule has 0 unspecified atom stereocenters. The first-order valence-electron chi connectivity index (χ1n) is 6.14. The molecular weight excluding hydrogens is 236 g/mol. The van der Waals surface area contributed by atoms with Gasteiger partial charge in [0.1, 0.15) is 5.75 Å². The van der Waals surface area contributed by atoms with Gasteiger partial charge in [-0.15, -0.1) is 0 Å². The van der Waals surface area contributed by atoms with Crippen molar-refractivity contribution in [2.24, 2.45) is 0 Å². The van der Waals surface area contributed by atoms with Crippen LogP contribution in [-0.2, 0) is 0 Å². The van der Waals surface area contributed by atoms with Crippen molar-refractivity contribution in [2.45, 2.75) is 13.8 Å². The van der Waals surface area contributed by atoms with E-state index in [0.29, 0.717) is 5.56 Å². The van der Waals surface area contributed by atoms with Gasteiger partial charge in [-0.05, 0) is 23.8 Å². The van der Waals surface area contributed by atoms with Crippen LogP contribution in [-0.4, -0.2) is 10.9 Å². The molecule has 0 fully saturated rings. The molecule has 0 radical (unpaired) electrons. The summed E-state index contributed by atoms with van der Waals surface area (Å²) in [5.74, 6) is -0.0902. The number of ketones is 1. The molecule has 0 saturated heterocycles.